The topological polar surface area (TPSA) is 89.3 Å². The standard InChI is InChI=1S/C8H8BrClN2O3S/c9-4-16(14,15)12-5-1-2-7(10)6(3-5)8(11)13/h1-3,12H,4H2,(H2,11,13). The maximum absolute atomic E-state index is 11.2. The predicted octanol–water partition coefficient (Wildman–Crippen LogP) is 1.53. The highest BCUT2D eigenvalue weighted by Gasteiger charge is 2.11. The lowest BCUT2D eigenvalue weighted by molar-refractivity contribution is 0.100. The number of halogens is 2. The Bertz CT molecular complexity index is 518. The molecule has 3 N–H and O–H groups in total. The highest BCUT2D eigenvalue weighted by atomic mass is 79.9. The molecule has 0 bridgehead atoms. The van der Waals surface area contributed by atoms with Crippen LogP contribution in [-0.2, 0) is 10.0 Å². The molecule has 1 aromatic rings. The summed E-state index contributed by atoms with van der Waals surface area (Å²) in [7, 11) is -3.46. The van der Waals surface area contributed by atoms with Gasteiger partial charge in [0.15, 0.2) is 0 Å². The van der Waals surface area contributed by atoms with Crippen molar-refractivity contribution in [1.82, 2.24) is 0 Å². The van der Waals surface area contributed by atoms with E-state index < -0.39 is 15.9 Å². The van der Waals surface area contributed by atoms with Gasteiger partial charge in [-0.1, -0.05) is 27.5 Å². The van der Waals surface area contributed by atoms with Crippen LogP contribution in [-0.4, -0.2) is 19.0 Å². The van der Waals surface area contributed by atoms with Crippen molar-refractivity contribution in [2.75, 3.05) is 9.38 Å². The highest BCUT2D eigenvalue weighted by molar-refractivity contribution is 9.10. The average Bonchev–Trinajstić information content (AvgIpc) is 2.20. The van der Waals surface area contributed by atoms with Gasteiger partial charge >= 0.3 is 0 Å². The van der Waals surface area contributed by atoms with E-state index in [0.717, 1.165) is 0 Å². The van der Waals surface area contributed by atoms with Crippen LogP contribution in [0.3, 0.4) is 0 Å². The fourth-order valence-corrected chi connectivity index (χ4v) is 2.08. The van der Waals surface area contributed by atoms with Gasteiger partial charge in [0.05, 0.1) is 10.6 Å². The minimum atomic E-state index is -3.46. The zero-order valence-corrected chi connectivity index (χ0v) is 11.1. The summed E-state index contributed by atoms with van der Waals surface area (Å²) in [4.78, 5) is 11.0. The van der Waals surface area contributed by atoms with Crippen molar-refractivity contribution in [2.45, 2.75) is 0 Å². The third-order valence-corrected chi connectivity index (χ3v) is 4.62. The second-order valence-corrected chi connectivity index (χ2v) is 6.32. The van der Waals surface area contributed by atoms with Crippen molar-refractivity contribution in [3.05, 3.63) is 28.8 Å². The molecule has 88 valence electrons. The molecule has 0 atom stereocenters. The SMILES string of the molecule is NC(=O)c1cc(NS(=O)(=O)CBr)ccc1Cl. The lowest BCUT2D eigenvalue weighted by atomic mass is 10.2. The van der Waals surface area contributed by atoms with Crippen LogP contribution in [0.5, 0.6) is 0 Å². The number of primary amides is 1. The number of nitrogens with one attached hydrogen (secondary N) is 1. The summed E-state index contributed by atoms with van der Waals surface area (Å²) in [5, 5.41) is 0.175. The van der Waals surface area contributed by atoms with E-state index in [2.05, 4.69) is 20.7 Å². The molecule has 0 aliphatic rings. The minimum absolute atomic E-state index is 0.0661. The summed E-state index contributed by atoms with van der Waals surface area (Å²) in [5.41, 5.74) is 5.37. The smallest absolute Gasteiger partial charge is 0.250 e. The first kappa shape index (κ1) is 13.3. The minimum Gasteiger partial charge on any atom is -0.366 e. The van der Waals surface area contributed by atoms with Crippen LogP contribution >= 0.6 is 27.5 Å². The van der Waals surface area contributed by atoms with Gasteiger partial charge in [-0.25, -0.2) is 8.42 Å². The number of sulfonamides is 1. The van der Waals surface area contributed by atoms with Crippen molar-refractivity contribution in [1.29, 1.82) is 0 Å². The number of benzene rings is 1. The molecule has 0 aliphatic heterocycles. The number of carbonyl (C=O) groups excluding carboxylic acids is 1. The van der Waals surface area contributed by atoms with Crippen molar-refractivity contribution >= 4 is 49.1 Å². The maximum Gasteiger partial charge on any atom is 0.250 e. The maximum atomic E-state index is 11.2. The van der Waals surface area contributed by atoms with E-state index in [9.17, 15) is 13.2 Å². The van der Waals surface area contributed by atoms with Gasteiger partial charge in [0.1, 0.15) is 4.66 Å². The van der Waals surface area contributed by atoms with Crippen LogP contribution in [0.4, 0.5) is 5.69 Å². The van der Waals surface area contributed by atoms with Gasteiger partial charge in [0.25, 0.3) is 0 Å². The van der Waals surface area contributed by atoms with E-state index in [1.165, 1.54) is 18.2 Å². The molecule has 1 aromatic carbocycles. The summed E-state index contributed by atoms with van der Waals surface area (Å²) in [5.74, 6) is -0.718. The Hall–Kier alpha value is -0.790. The van der Waals surface area contributed by atoms with Gasteiger partial charge in [0.2, 0.25) is 15.9 Å². The van der Waals surface area contributed by atoms with Crippen LogP contribution in [0.2, 0.25) is 5.02 Å². The number of alkyl halides is 1. The monoisotopic (exact) mass is 326 g/mol. The Morgan fingerprint density at radius 3 is 2.62 bits per heavy atom. The quantitative estimate of drug-likeness (QED) is 0.822. The second-order valence-electron chi connectivity index (χ2n) is 2.88. The number of carbonyl (C=O) groups is 1. The number of amides is 1. The Kier molecular flexibility index (Phi) is 4.17. The first-order valence-electron chi connectivity index (χ1n) is 4.01. The number of anilines is 1. The largest absolute Gasteiger partial charge is 0.366 e. The van der Waals surface area contributed by atoms with Crippen molar-refractivity contribution in [3.63, 3.8) is 0 Å². The molecule has 0 saturated heterocycles. The van der Waals surface area contributed by atoms with E-state index >= 15 is 0 Å². The lowest BCUT2D eigenvalue weighted by Crippen LogP contribution is -2.15. The number of hydrogen-bond donors (Lipinski definition) is 2. The third-order valence-electron chi connectivity index (χ3n) is 1.65. The van der Waals surface area contributed by atoms with Gasteiger partial charge in [-0.2, -0.15) is 0 Å². The Morgan fingerprint density at radius 2 is 2.12 bits per heavy atom. The van der Waals surface area contributed by atoms with Crippen LogP contribution < -0.4 is 10.5 Å². The number of rotatable bonds is 4. The van der Waals surface area contributed by atoms with Crippen LogP contribution in [0.25, 0.3) is 0 Å². The Morgan fingerprint density at radius 1 is 1.50 bits per heavy atom. The van der Waals surface area contributed by atoms with Crippen LogP contribution in [0, 0.1) is 0 Å². The molecule has 8 heteroatoms. The molecule has 16 heavy (non-hydrogen) atoms. The normalized spacial score (nSPS) is 11.1. The molecule has 0 spiro atoms. The molecule has 0 fully saturated rings. The zero-order chi connectivity index (χ0) is 12.3. The van der Waals surface area contributed by atoms with E-state index in [-0.39, 0.29) is 20.9 Å². The molecule has 0 heterocycles. The van der Waals surface area contributed by atoms with Crippen molar-refractivity contribution in [2.24, 2.45) is 5.73 Å². The summed E-state index contributed by atoms with van der Waals surface area (Å²) >= 11 is 8.53. The molecule has 1 rings (SSSR count). The molecule has 1 amide bonds. The molecule has 0 saturated carbocycles. The van der Waals surface area contributed by atoms with Crippen molar-refractivity contribution < 1.29 is 13.2 Å². The summed E-state index contributed by atoms with van der Waals surface area (Å²) in [6, 6.07) is 4.12. The van der Waals surface area contributed by atoms with Gasteiger partial charge in [-0.3, -0.25) is 9.52 Å². The van der Waals surface area contributed by atoms with E-state index in [1.54, 1.807) is 0 Å². The van der Waals surface area contributed by atoms with Gasteiger partial charge in [0, 0.05) is 5.69 Å². The van der Waals surface area contributed by atoms with Gasteiger partial charge < -0.3 is 5.73 Å². The fourth-order valence-electron chi connectivity index (χ4n) is 0.984. The Labute approximate surface area is 106 Å². The second kappa shape index (κ2) is 5.03. The van der Waals surface area contributed by atoms with Gasteiger partial charge in [-0.05, 0) is 18.2 Å². The number of nitrogens with two attached hydrogens (primary N) is 1. The molecule has 5 nitrogen and oxygen atoms in total. The summed E-state index contributed by atoms with van der Waals surface area (Å²) < 4.78 is 24.5. The molecule has 0 unspecified atom stereocenters. The molecule has 0 aliphatic carbocycles. The van der Waals surface area contributed by atoms with Gasteiger partial charge in [-0.15, -0.1) is 0 Å². The summed E-state index contributed by atoms with van der Waals surface area (Å²) in [6.07, 6.45) is 0. The van der Waals surface area contributed by atoms with Crippen molar-refractivity contribution in [3.8, 4) is 0 Å². The number of hydrogen-bond acceptors (Lipinski definition) is 3. The summed E-state index contributed by atoms with van der Waals surface area (Å²) in [6.45, 7) is 0. The first-order chi connectivity index (χ1) is 7.35. The van der Waals surface area contributed by atoms with Crippen LogP contribution in [0.15, 0.2) is 18.2 Å². The molecule has 0 aromatic heterocycles. The zero-order valence-electron chi connectivity index (χ0n) is 7.91. The average molecular weight is 328 g/mol. The van der Waals surface area contributed by atoms with Crippen LogP contribution in [0.1, 0.15) is 10.4 Å². The molecular formula is C8H8BrClN2O3S. The highest BCUT2D eigenvalue weighted by Crippen LogP contribution is 2.21. The lowest BCUT2D eigenvalue weighted by Gasteiger charge is -2.07. The fraction of sp³-hybridized carbons (Fsp3) is 0.125. The first-order valence-corrected chi connectivity index (χ1v) is 7.16. The molecular weight excluding hydrogens is 320 g/mol. The Balaban J connectivity index is 3.09. The molecule has 0 radical (unpaired) electrons. The van der Waals surface area contributed by atoms with E-state index in [0.29, 0.717) is 0 Å². The van der Waals surface area contributed by atoms with E-state index in [4.69, 9.17) is 17.3 Å². The third kappa shape index (κ3) is 3.36. The predicted molar refractivity (Wildman–Crippen MR) is 66.3 cm³/mol. The van der Waals surface area contributed by atoms with E-state index in [1.807, 2.05) is 0 Å².